The quantitative estimate of drug-likeness (QED) is 0.206. The molecule has 1 unspecified atom stereocenters. The molecule has 1 rings (SSSR count). The minimum atomic E-state index is -0.696. The van der Waals surface area contributed by atoms with Crippen molar-refractivity contribution in [1.82, 2.24) is 15.5 Å². The van der Waals surface area contributed by atoms with Crippen LogP contribution in [0.3, 0.4) is 0 Å². The number of nitrogens with one attached hydrogen (secondary N) is 2. The fourth-order valence-electron chi connectivity index (χ4n) is 1.85. The number of rotatable bonds is 5. The lowest BCUT2D eigenvalue weighted by atomic mass is 10.1. The number of carbonyl (C=O) groups excluding carboxylic acids is 1. The third-order valence-corrected chi connectivity index (χ3v) is 3.04. The van der Waals surface area contributed by atoms with Crippen molar-refractivity contribution in [2.75, 3.05) is 26.7 Å². The zero-order chi connectivity index (χ0) is 13.5. The molecule has 1 aliphatic rings. The molecule has 0 aliphatic carbocycles. The number of hydrazone groups is 1. The van der Waals surface area contributed by atoms with Crippen molar-refractivity contribution >= 4 is 11.6 Å². The van der Waals surface area contributed by atoms with E-state index in [2.05, 4.69) is 27.7 Å². The smallest absolute Gasteiger partial charge is 0.269 e. The second-order valence-electron chi connectivity index (χ2n) is 4.68. The molecule has 0 spiro atoms. The Hall–Kier alpha value is -1.18. The number of aliphatic hydroxyl groups excluding tert-OH is 1. The van der Waals surface area contributed by atoms with Crippen molar-refractivity contribution in [3.63, 3.8) is 0 Å². The van der Waals surface area contributed by atoms with Crippen LogP contribution in [0.4, 0.5) is 0 Å². The molecule has 1 aliphatic heterocycles. The molecule has 1 heterocycles. The van der Waals surface area contributed by atoms with Crippen molar-refractivity contribution < 1.29 is 9.90 Å². The average Bonchev–Trinajstić information content (AvgIpc) is 2.32. The van der Waals surface area contributed by atoms with Gasteiger partial charge in [-0.05, 0) is 39.9 Å². The summed E-state index contributed by atoms with van der Waals surface area (Å²) in [7, 11) is 2.07. The van der Waals surface area contributed by atoms with Crippen LogP contribution in [-0.2, 0) is 4.79 Å². The number of nitrogens with two attached hydrogens (primary N) is 1. The molecule has 0 aromatic heterocycles. The van der Waals surface area contributed by atoms with E-state index >= 15 is 0 Å². The molecule has 0 radical (unpaired) electrons. The van der Waals surface area contributed by atoms with Gasteiger partial charge in [0.2, 0.25) is 0 Å². The summed E-state index contributed by atoms with van der Waals surface area (Å²) in [6.07, 6.45) is 1.17. The highest BCUT2D eigenvalue weighted by Crippen LogP contribution is 2.07. The van der Waals surface area contributed by atoms with Gasteiger partial charge in [-0.1, -0.05) is 0 Å². The van der Waals surface area contributed by atoms with Gasteiger partial charge in [-0.3, -0.25) is 10.1 Å². The van der Waals surface area contributed by atoms with Crippen LogP contribution >= 0.6 is 0 Å². The highest BCUT2D eigenvalue weighted by atomic mass is 16.3. The number of amides is 1. The van der Waals surface area contributed by atoms with Gasteiger partial charge in [-0.15, -0.1) is 0 Å². The van der Waals surface area contributed by atoms with Crippen LogP contribution in [0.2, 0.25) is 0 Å². The van der Waals surface area contributed by atoms with Crippen LogP contribution in [0.5, 0.6) is 0 Å². The number of piperidine rings is 1. The molecule has 0 aromatic rings. The molecule has 0 bridgehead atoms. The van der Waals surface area contributed by atoms with E-state index in [1.54, 1.807) is 6.92 Å². The maximum atomic E-state index is 11.9. The van der Waals surface area contributed by atoms with E-state index in [9.17, 15) is 4.79 Å². The first kappa shape index (κ1) is 14.9. The Morgan fingerprint density at radius 1 is 1.56 bits per heavy atom. The zero-order valence-corrected chi connectivity index (χ0v) is 11.0. The summed E-state index contributed by atoms with van der Waals surface area (Å²) < 4.78 is 0. The van der Waals surface area contributed by atoms with Crippen LogP contribution in [-0.4, -0.2) is 60.6 Å². The summed E-state index contributed by atoms with van der Waals surface area (Å²) in [5.41, 5.74) is 0.204. The number of likely N-dealkylation sites (tertiary alicyclic amines) is 1. The van der Waals surface area contributed by atoms with Gasteiger partial charge in [0, 0.05) is 12.6 Å². The van der Waals surface area contributed by atoms with Crippen molar-refractivity contribution in [2.24, 2.45) is 10.9 Å². The lowest BCUT2D eigenvalue weighted by molar-refractivity contribution is -0.115. The highest BCUT2D eigenvalue weighted by Gasteiger charge is 2.20. The lowest BCUT2D eigenvalue weighted by Crippen LogP contribution is -2.48. The van der Waals surface area contributed by atoms with E-state index < -0.39 is 6.23 Å². The van der Waals surface area contributed by atoms with Gasteiger partial charge in [0.05, 0.1) is 0 Å². The van der Waals surface area contributed by atoms with Gasteiger partial charge in [0.25, 0.3) is 5.91 Å². The maximum Gasteiger partial charge on any atom is 0.269 e. The molecule has 0 saturated carbocycles. The topological polar surface area (TPSA) is 103 Å². The highest BCUT2D eigenvalue weighted by molar-refractivity contribution is 6.39. The SMILES string of the molecule is CC(O)NC/C(=N\N)C(=O)NC1CCN(C)CC1. The maximum absolute atomic E-state index is 11.9. The molecule has 7 nitrogen and oxygen atoms in total. The Morgan fingerprint density at radius 2 is 2.17 bits per heavy atom. The third kappa shape index (κ3) is 4.99. The summed E-state index contributed by atoms with van der Waals surface area (Å²) in [4.78, 5) is 14.1. The van der Waals surface area contributed by atoms with Gasteiger partial charge in [-0.2, -0.15) is 5.10 Å². The molecular formula is C11H23N5O2. The van der Waals surface area contributed by atoms with Crippen molar-refractivity contribution in [3.8, 4) is 0 Å². The summed E-state index contributed by atoms with van der Waals surface area (Å²) in [6.45, 7) is 3.69. The molecule has 7 heteroatoms. The fraction of sp³-hybridized carbons (Fsp3) is 0.818. The van der Waals surface area contributed by atoms with E-state index in [0.717, 1.165) is 25.9 Å². The normalized spacial score (nSPS) is 20.7. The Bertz CT molecular complexity index is 298. The predicted molar refractivity (Wildman–Crippen MR) is 70.0 cm³/mol. The molecule has 1 atom stereocenters. The monoisotopic (exact) mass is 257 g/mol. The van der Waals surface area contributed by atoms with Gasteiger partial charge in [-0.25, -0.2) is 0 Å². The molecule has 1 saturated heterocycles. The van der Waals surface area contributed by atoms with Crippen LogP contribution in [0, 0.1) is 0 Å². The molecule has 5 N–H and O–H groups in total. The van der Waals surface area contributed by atoms with Crippen LogP contribution < -0.4 is 16.5 Å². The zero-order valence-electron chi connectivity index (χ0n) is 11.0. The number of aliphatic hydroxyl groups is 1. The van der Waals surface area contributed by atoms with Crippen molar-refractivity contribution in [1.29, 1.82) is 0 Å². The van der Waals surface area contributed by atoms with Gasteiger partial charge >= 0.3 is 0 Å². The summed E-state index contributed by atoms with van der Waals surface area (Å²) in [5, 5.41) is 18.2. The molecule has 104 valence electrons. The largest absolute Gasteiger partial charge is 0.379 e. The number of hydrogen-bond donors (Lipinski definition) is 4. The van der Waals surface area contributed by atoms with Gasteiger partial charge in [0.15, 0.2) is 0 Å². The predicted octanol–water partition coefficient (Wildman–Crippen LogP) is -1.56. The number of hydrogen-bond acceptors (Lipinski definition) is 6. The van der Waals surface area contributed by atoms with Gasteiger partial charge < -0.3 is 21.2 Å². The van der Waals surface area contributed by atoms with E-state index in [1.807, 2.05) is 0 Å². The van der Waals surface area contributed by atoms with E-state index in [-0.39, 0.29) is 24.2 Å². The first-order chi connectivity index (χ1) is 8.52. The Balaban J connectivity index is 2.38. The Labute approximate surface area is 107 Å². The fourth-order valence-corrected chi connectivity index (χ4v) is 1.85. The number of nitrogens with zero attached hydrogens (tertiary/aromatic N) is 2. The van der Waals surface area contributed by atoms with Crippen LogP contribution in [0.1, 0.15) is 19.8 Å². The molecule has 0 aromatic carbocycles. The van der Waals surface area contributed by atoms with Crippen LogP contribution in [0.25, 0.3) is 0 Å². The Kier molecular flexibility index (Phi) is 6.03. The van der Waals surface area contributed by atoms with E-state index in [4.69, 9.17) is 10.9 Å². The minimum Gasteiger partial charge on any atom is -0.379 e. The first-order valence-corrected chi connectivity index (χ1v) is 6.20. The Morgan fingerprint density at radius 3 is 2.67 bits per heavy atom. The van der Waals surface area contributed by atoms with E-state index in [1.165, 1.54) is 0 Å². The summed E-state index contributed by atoms with van der Waals surface area (Å²) in [5.74, 6) is 4.92. The average molecular weight is 257 g/mol. The van der Waals surface area contributed by atoms with E-state index in [0.29, 0.717) is 0 Å². The second-order valence-corrected chi connectivity index (χ2v) is 4.68. The lowest BCUT2D eigenvalue weighted by Gasteiger charge is -2.29. The number of carbonyl (C=O) groups is 1. The van der Waals surface area contributed by atoms with Gasteiger partial charge in [0.1, 0.15) is 11.9 Å². The molecule has 1 fully saturated rings. The minimum absolute atomic E-state index is 0.159. The standard InChI is InChI=1S/C11H23N5O2/c1-8(17)13-7-10(15-12)11(18)14-9-3-5-16(2)6-4-9/h8-9,13,17H,3-7,12H2,1-2H3,(H,14,18)/b15-10+. The third-order valence-electron chi connectivity index (χ3n) is 3.04. The summed E-state index contributed by atoms with van der Waals surface area (Å²) in [6, 6.07) is 0.178. The first-order valence-electron chi connectivity index (χ1n) is 6.20. The molecular weight excluding hydrogens is 234 g/mol. The van der Waals surface area contributed by atoms with Crippen molar-refractivity contribution in [3.05, 3.63) is 0 Å². The summed E-state index contributed by atoms with van der Waals surface area (Å²) >= 11 is 0. The van der Waals surface area contributed by atoms with Crippen LogP contribution in [0.15, 0.2) is 5.10 Å². The molecule has 18 heavy (non-hydrogen) atoms. The molecule has 1 amide bonds. The van der Waals surface area contributed by atoms with Crippen molar-refractivity contribution in [2.45, 2.75) is 32.0 Å². The second kappa shape index (κ2) is 7.30.